The number of phenolic OH excluding ortho intramolecular Hbond substituents is 2. The second kappa shape index (κ2) is 48.0. The molecule has 18 amide bonds. The van der Waals surface area contributed by atoms with E-state index in [4.69, 9.17) is 32.1 Å². The highest BCUT2D eigenvalue weighted by molar-refractivity contribution is 6.05. The van der Waals surface area contributed by atoms with E-state index in [1.54, 1.807) is 20.8 Å². The van der Waals surface area contributed by atoms with E-state index in [9.17, 15) is 116 Å². The fraction of sp³-hybridized carbons (Fsp3) is 0.458. The van der Waals surface area contributed by atoms with Gasteiger partial charge in [-0.3, -0.25) is 92.3 Å². The molecule has 2 aliphatic heterocycles. The molecular formula is C83H111N25O26. The summed E-state index contributed by atoms with van der Waals surface area (Å²) in [6.45, 7) is 11.6. The number of hydrazine groups is 1. The van der Waals surface area contributed by atoms with Gasteiger partial charge in [0.1, 0.15) is 102 Å². The van der Waals surface area contributed by atoms with Crippen molar-refractivity contribution in [2.45, 2.75) is 211 Å². The van der Waals surface area contributed by atoms with E-state index in [2.05, 4.69) is 105 Å². The van der Waals surface area contributed by atoms with Crippen LogP contribution in [-0.2, 0) is 105 Å². The van der Waals surface area contributed by atoms with Crippen LogP contribution in [0.2, 0.25) is 0 Å². The molecule has 29 N–H and O–H groups in total. The number of aliphatic carboxylic acids is 2. The lowest BCUT2D eigenvalue weighted by Gasteiger charge is -2.36. The van der Waals surface area contributed by atoms with Crippen molar-refractivity contribution >= 4 is 124 Å². The molecule has 0 bridgehead atoms. The number of carboxylic acids is 2. The number of nitrogens with one attached hydrogen (secondary N) is 19. The number of carbonyl (C=O) groups excluding carboxylic acids is 18. The quantitative estimate of drug-likeness (QED) is 0.00567. The zero-order valence-corrected chi connectivity index (χ0v) is 74.5. The van der Waals surface area contributed by atoms with Crippen LogP contribution < -0.4 is 107 Å². The predicted octanol–water partition coefficient (Wildman–Crippen LogP) is -5.66. The maximum Gasteiger partial charge on any atom is 0.340 e. The summed E-state index contributed by atoms with van der Waals surface area (Å²) in [6.07, 6.45) is 1.79. The molecule has 7 rings (SSSR count). The zero-order chi connectivity index (χ0) is 99.4. The van der Waals surface area contributed by atoms with Crippen LogP contribution in [0.15, 0.2) is 79.6 Å². The van der Waals surface area contributed by atoms with E-state index in [1.165, 1.54) is 114 Å². The van der Waals surface area contributed by atoms with Gasteiger partial charge in [0.2, 0.25) is 82.7 Å². The van der Waals surface area contributed by atoms with Gasteiger partial charge >= 0.3 is 23.9 Å². The van der Waals surface area contributed by atoms with Gasteiger partial charge in [-0.2, -0.15) is 0 Å². The number of aromatic nitrogens is 4. The van der Waals surface area contributed by atoms with Crippen LogP contribution in [0, 0.1) is 17.2 Å². The number of hydrogen-bond donors (Lipinski definition) is 26. The number of rotatable bonds is 48. The highest BCUT2D eigenvalue weighted by atomic mass is 16.6. The van der Waals surface area contributed by atoms with Gasteiger partial charge in [-0.15, -0.1) is 0 Å². The largest absolute Gasteiger partial charge is 0.508 e. The Kier molecular flexibility index (Phi) is 37.6. The Morgan fingerprint density at radius 1 is 0.493 bits per heavy atom. The number of esters is 1. The number of benzene rings is 3. The van der Waals surface area contributed by atoms with Crippen molar-refractivity contribution < 1.29 is 126 Å². The summed E-state index contributed by atoms with van der Waals surface area (Å²) in [4.78, 5) is 283. The van der Waals surface area contributed by atoms with E-state index in [1.807, 2.05) is 0 Å². The van der Waals surface area contributed by atoms with Gasteiger partial charge in [-0.25, -0.2) is 29.4 Å². The lowest BCUT2D eigenvalue weighted by molar-refractivity contribution is -0.142. The van der Waals surface area contributed by atoms with Crippen LogP contribution in [0.25, 0.3) is 0 Å². The molecule has 4 heterocycles. The van der Waals surface area contributed by atoms with Crippen LogP contribution in [-0.4, -0.2) is 268 Å². The van der Waals surface area contributed by atoms with E-state index in [-0.39, 0.29) is 102 Å². The van der Waals surface area contributed by atoms with Gasteiger partial charge < -0.3 is 137 Å². The van der Waals surface area contributed by atoms with E-state index in [0.29, 0.717) is 16.1 Å². The second-order valence-corrected chi connectivity index (χ2v) is 32.1. The van der Waals surface area contributed by atoms with Gasteiger partial charge in [0.05, 0.1) is 42.6 Å². The fourth-order valence-electron chi connectivity index (χ4n) is 13.7. The summed E-state index contributed by atoms with van der Waals surface area (Å²) >= 11 is 0. The van der Waals surface area contributed by atoms with Crippen molar-refractivity contribution in [1.82, 2.24) is 110 Å². The van der Waals surface area contributed by atoms with Crippen molar-refractivity contribution in [2.24, 2.45) is 29.0 Å². The molecule has 51 nitrogen and oxygen atoms in total. The minimum atomic E-state index is -1.92. The number of phenols is 2. The number of nitrogens with two attached hydrogens (primary N) is 3. The number of aromatic amines is 2. The van der Waals surface area contributed by atoms with E-state index >= 15 is 0 Å². The molecule has 0 radical (unpaired) electrons. The first kappa shape index (κ1) is 105. The van der Waals surface area contributed by atoms with Crippen molar-refractivity contribution in [3.05, 3.63) is 119 Å². The number of carboxylic acid groups (broad SMARTS) is 2. The normalized spacial score (nSPS) is 15.1. The Morgan fingerprint density at radius 2 is 0.955 bits per heavy atom. The third kappa shape index (κ3) is 29.5. The first-order chi connectivity index (χ1) is 63.1. The van der Waals surface area contributed by atoms with Crippen LogP contribution >= 0.6 is 0 Å². The molecule has 2 aromatic heterocycles. The molecule has 1 spiro atoms. The predicted molar refractivity (Wildman–Crippen MR) is 465 cm³/mol. The number of urea groups is 1. The van der Waals surface area contributed by atoms with Gasteiger partial charge in [0.25, 0.3) is 11.8 Å². The number of aromatic hydroxyl groups is 2. The van der Waals surface area contributed by atoms with Crippen molar-refractivity contribution in [3.63, 3.8) is 0 Å². The first-order valence-corrected chi connectivity index (χ1v) is 42.1. The third-order valence-electron chi connectivity index (χ3n) is 21.3. The molecule has 0 saturated carbocycles. The minimum absolute atomic E-state index is 0.0742. The summed E-state index contributed by atoms with van der Waals surface area (Å²) in [7, 11) is 1.04. The van der Waals surface area contributed by atoms with Crippen LogP contribution in [0.1, 0.15) is 162 Å². The molecule has 724 valence electrons. The molecule has 5 aromatic rings. The summed E-state index contributed by atoms with van der Waals surface area (Å²) in [6, 6.07) is -9.09. The maximum atomic E-state index is 14.3. The van der Waals surface area contributed by atoms with Crippen molar-refractivity contribution in [1.29, 1.82) is 5.41 Å². The Hall–Kier alpha value is -16.1. The van der Waals surface area contributed by atoms with E-state index < -0.39 is 247 Å². The molecule has 3 aromatic carbocycles. The third-order valence-corrected chi connectivity index (χ3v) is 21.3. The standard InChI is InChI=1S/C83H111N25O26/c1-11-37(4)65(78(128)104-57(30-61(85)112)76(126)101-53(21-23-63(114)115)73(123)95-38(5)66(116)91-33-62(113)99-54(79(129)130)13-12-24-90-81(86)87)106-82(132)108(10)107-70(120)42(9)98-74(124)55(26-44-31-88-34-92-44)102-68(118)40(7)94-67(117)39(6)97-75(125)56(27-45-32-89-35-93-45)103-77(127)64(36(2)3)105-69(119)41(8)96-72(122)52(20-22-60(84)111)100-71(121)43-14-17-49-48(25-43)80(131)134-83(49)50-18-15-46(109)28-58(50)133-59-29-47(110)16-19-51(59)83/h14-19,25,28-29,31-32,34-42,52-57,64-65,109-110H,11-13,20-24,26-27,30,33H2,1-10H3,(H2,84,111)(H2,85,112)(H,88,92)(H,89,93)(H,91,116)(H,94,117)(H,95,123)(H,96,122)(H,97,125)(H,98,124)(H,99,113)(H,100,121)(H,101,126)(H,102,118)(H,103,127)(H,104,128)(H,105,119)(H,106,132)(H,107,120)(H,114,115)(H,129,130)(H4,86,87,90)/t37-,38-,39-,40-,41-,42-,52-,53-,54-,55-,56-,57-,64-,65-/m0/s1. The van der Waals surface area contributed by atoms with Gasteiger partial charge in [0, 0.05) is 86.1 Å². The molecule has 0 aliphatic carbocycles. The van der Waals surface area contributed by atoms with Crippen LogP contribution in [0.4, 0.5) is 4.79 Å². The number of ether oxygens (including phenoxy) is 2. The number of amides is 18. The fourth-order valence-corrected chi connectivity index (χ4v) is 13.7. The molecule has 134 heavy (non-hydrogen) atoms. The summed E-state index contributed by atoms with van der Waals surface area (Å²) < 4.78 is 12.1. The molecular weight excluding hydrogens is 1760 g/mol. The first-order valence-electron chi connectivity index (χ1n) is 42.1. The van der Waals surface area contributed by atoms with E-state index in [0.717, 1.165) is 14.0 Å². The zero-order valence-electron chi connectivity index (χ0n) is 74.5. The van der Waals surface area contributed by atoms with Gasteiger partial charge in [-0.05, 0) is 109 Å². The molecule has 2 aliphatic rings. The lowest BCUT2D eigenvalue weighted by Crippen LogP contribution is -2.61. The van der Waals surface area contributed by atoms with Crippen molar-refractivity contribution in [2.75, 3.05) is 20.1 Å². The molecule has 0 fully saturated rings. The van der Waals surface area contributed by atoms with Crippen LogP contribution in [0.3, 0.4) is 0 Å². The number of imidazole rings is 2. The number of carbonyl (C=O) groups is 20. The number of guanidine groups is 1. The maximum absolute atomic E-state index is 14.3. The Bertz CT molecular complexity index is 5190. The minimum Gasteiger partial charge on any atom is -0.508 e. The average Bonchev–Trinajstić information content (AvgIpc) is 1.52. The molecule has 14 atom stereocenters. The summed E-state index contributed by atoms with van der Waals surface area (Å²) in [5.74, 6) is -22.1. The highest BCUT2D eigenvalue weighted by Gasteiger charge is 2.54. The average molecular weight is 1870 g/mol. The van der Waals surface area contributed by atoms with Gasteiger partial charge in [0.15, 0.2) is 11.6 Å². The monoisotopic (exact) mass is 1870 g/mol. The number of fused-ring (bicyclic) bond motifs is 6. The Balaban J connectivity index is 0.921. The van der Waals surface area contributed by atoms with Crippen LogP contribution in [0.5, 0.6) is 23.0 Å². The number of primary amides is 2. The van der Waals surface area contributed by atoms with Crippen molar-refractivity contribution in [3.8, 4) is 23.0 Å². The number of nitrogens with zero attached hydrogens (tertiary/aromatic N) is 3. The highest BCUT2D eigenvalue weighted by Crippen LogP contribution is 2.57. The topological polar surface area (TPSA) is 796 Å². The number of H-pyrrole nitrogens is 2. The Labute approximate surface area is 764 Å². The second-order valence-electron chi connectivity index (χ2n) is 32.1. The molecule has 0 saturated heterocycles. The smallest absolute Gasteiger partial charge is 0.340 e. The SMILES string of the molecule is CC[C@H](C)[C@H](NC(=O)N(C)NC(=O)[C@H](C)NC(=O)[C@H](Cc1c[nH]cn1)NC(=O)[C@H](C)NC(=O)[C@H](C)NC(=O)[C@H](Cc1c[nH]cn1)NC(=O)[C@@H](NC(=O)[C@H](C)NC(=O)[C@H](CCC(N)=O)NC(=O)c1ccc2c(c1)C(=O)OC21c2ccc(O)cc2Oc2cc(O)ccc21)C(C)C)C(=O)N[C@@H](CC(N)=O)C(=O)N[C@@H](CCC(=O)O)C(=O)N[C@@H](C)C(=O)NCC(=O)N[C@@H](CCCNC(=N)N)C(=O)O. The summed E-state index contributed by atoms with van der Waals surface area (Å²) in [5.41, 5.74) is 17.8. The number of hydrogen-bond acceptors (Lipinski definition) is 27. The Morgan fingerprint density at radius 3 is 1.46 bits per heavy atom. The summed E-state index contributed by atoms with van der Waals surface area (Å²) in [5, 5.41) is 83.5. The van der Waals surface area contributed by atoms with Gasteiger partial charge in [-0.1, -0.05) is 40.2 Å². The molecule has 0 unspecified atom stereocenters. The lowest BCUT2D eigenvalue weighted by atomic mass is 9.77. The molecule has 51 heteroatoms.